The van der Waals surface area contributed by atoms with Crippen LogP contribution in [0.5, 0.6) is 5.75 Å². The van der Waals surface area contributed by atoms with Crippen molar-refractivity contribution >= 4 is 0 Å². The first kappa shape index (κ1) is 12.9. The molecule has 1 spiro atoms. The van der Waals surface area contributed by atoms with Crippen molar-refractivity contribution in [3.05, 3.63) is 29.8 Å². The summed E-state index contributed by atoms with van der Waals surface area (Å²) < 4.78 is 17.1. The maximum atomic E-state index is 5.81. The highest BCUT2D eigenvalue weighted by Crippen LogP contribution is 2.36. The Morgan fingerprint density at radius 1 is 1.26 bits per heavy atom. The molecule has 0 aliphatic carbocycles. The van der Waals surface area contributed by atoms with Crippen LogP contribution in [0.15, 0.2) is 24.3 Å². The average Bonchev–Trinajstić information content (AvgIpc) is 2.88. The molecule has 0 radical (unpaired) electrons. The van der Waals surface area contributed by atoms with Gasteiger partial charge in [0.05, 0.1) is 19.8 Å². The molecule has 1 atom stereocenters. The molecule has 2 aliphatic heterocycles. The maximum absolute atomic E-state index is 5.81. The van der Waals surface area contributed by atoms with Gasteiger partial charge in [-0.3, -0.25) is 0 Å². The number of rotatable bonds is 3. The minimum atomic E-state index is -0.353. The second-order valence-electron chi connectivity index (χ2n) is 5.07. The van der Waals surface area contributed by atoms with E-state index in [4.69, 9.17) is 14.2 Å². The lowest BCUT2D eigenvalue weighted by Crippen LogP contribution is -2.44. The number of piperidine rings is 1. The molecule has 3 rings (SSSR count). The summed E-state index contributed by atoms with van der Waals surface area (Å²) in [6.45, 7) is 5.06. The molecule has 1 aromatic carbocycles. The number of ether oxygens (including phenoxy) is 3. The molecule has 2 aliphatic rings. The highest BCUT2D eigenvalue weighted by atomic mass is 16.7. The molecule has 0 bridgehead atoms. The zero-order valence-corrected chi connectivity index (χ0v) is 11.4. The largest absolute Gasteiger partial charge is 0.494 e. The van der Waals surface area contributed by atoms with Crippen LogP contribution < -0.4 is 10.1 Å². The summed E-state index contributed by atoms with van der Waals surface area (Å²) in [6.07, 6.45) is 1.81. The summed E-state index contributed by atoms with van der Waals surface area (Å²) >= 11 is 0. The molecule has 0 saturated carbocycles. The van der Waals surface area contributed by atoms with E-state index in [-0.39, 0.29) is 5.79 Å². The molecule has 2 heterocycles. The summed E-state index contributed by atoms with van der Waals surface area (Å²) in [7, 11) is 0. The van der Waals surface area contributed by atoms with Crippen LogP contribution >= 0.6 is 0 Å². The zero-order chi connectivity index (χ0) is 13.1. The van der Waals surface area contributed by atoms with Crippen LogP contribution in [-0.4, -0.2) is 32.2 Å². The molecule has 19 heavy (non-hydrogen) atoms. The van der Waals surface area contributed by atoms with Crippen molar-refractivity contribution in [2.45, 2.75) is 31.6 Å². The highest BCUT2D eigenvalue weighted by Gasteiger charge is 2.41. The van der Waals surface area contributed by atoms with Crippen LogP contribution in [0.4, 0.5) is 0 Å². The van der Waals surface area contributed by atoms with Gasteiger partial charge in [0.1, 0.15) is 5.75 Å². The van der Waals surface area contributed by atoms with Gasteiger partial charge >= 0.3 is 0 Å². The van der Waals surface area contributed by atoms with Crippen molar-refractivity contribution in [3.8, 4) is 5.75 Å². The van der Waals surface area contributed by atoms with Gasteiger partial charge in [0.25, 0.3) is 0 Å². The predicted molar refractivity (Wildman–Crippen MR) is 72.2 cm³/mol. The fourth-order valence-electron chi connectivity index (χ4n) is 2.88. The van der Waals surface area contributed by atoms with Crippen molar-refractivity contribution in [3.63, 3.8) is 0 Å². The van der Waals surface area contributed by atoms with E-state index in [9.17, 15) is 0 Å². The zero-order valence-electron chi connectivity index (χ0n) is 11.4. The fraction of sp³-hybridized carbons (Fsp3) is 0.600. The van der Waals surface area contributed by atoms with Crippen LogP contribution in [0.25, 0.3) is 0 Å². The molecule has 4 nitrogen and oxygen atoms in total. The van der Waals surface area contributed by atoms with Crippen molar-refractivity contribution in [1.29, 1.82) is 0 Å². The fourth-order valence-corrected chi connectivity index (χ4v) is 2.88. The molecule has 1 unspecified atom stereocenters. The quantitative estimate of drug-likeness (QED) is 0.908. The maximum Gasteiger partial charge on any atom is 0.171 e. The number of nitrogens with one attached hydrogen (secondary N) is 1. The predicted octanol–water partition coefficient (Wildman–Crippen LogP) is 2.25. The Morgan fingerprint density at radius 2 is 2.00 bits per heavy atom. The Morgan fingerprint density at radius 3 is 2.68 bits per heavy atom. The van der Waals surface area contributed by atoms with Crippen molar-refractivity contribution in [1.82, 2.24) is 5.32 Å². The number of hydrogen-bond donors (Lipinski definition) is 1. The lowest BCUT2D eigenvalue weighted by Gasteiger charge is -2.37. The molecule has 0 amide bonds. The summed E-state index contributed by atoms with van der Waals surface area (Å²) in [5.41, 5.74) is 1.27. The van der Waals surface area contributed by atoms with Gasteiger partial charge in [0.2, 0.25) is 0 Å². The third-order valence-corrected chi connectivity index (χ3v) is 3.82. The summed E-state index contributed by atoms with van der Waals surface area (Å²) in [4.78, 5) is 0. The first-order valence-electron chi connectivity index (χ1n) is 7.05. The minimum absolute atomic E-state index is 0.294. The molecule has 2 fully saturated rings. The molecule has 104 valence electrons. The third-order valence-electron chi connectivity index (χ3n) is 3.82. The topological polar surface area (TPSA) is 39.7 Å². The monoisotopic (exact) mass is 263 g/mol. The van der Waals surface area contributed by atoms with E-state index in [1.54, 1.807) is 0 Å². The summed E-state index contributed by atoms with van der Waals surface area (Å²) in [5.74, 6) is 0.569. The van der Waals surface area contributed by atoms with E-state index in [0.29, 0.717) is 12.6 Å². The SMILES string of the molecule is CCOc1ccc(C2CC3(CCN2)OCCO3)cc1. The van der Waals surface area contributed by atoms with Gasteiger partial charge in [-0.15, -0.1) is 0 Å². The highest BCUT2D eigenvalue weighted by molar-refractivity contribution is 5.29. The van der Waals surface area contributed by atoms with Gasteiger partial charge in [-0.25, -0.2) is 0 Å². The molecule has 1 N–H and O–H groups in total. The van der Waals surface area contributed by atoms with Crippen LogP contribution in [0, 0.1) is 0 Å². The first-order chi connectivity index (χ1) is 9.31. The van der Waals surface area contributed by atoms with Crippen LogP contribution in [0.2, 0.25) is 0 Å². The Balaban J connectivity index is 1.70. The molecule has 1 aromatic rings. The van der Waals surface area contributed by atoms with Gasteiger partial charge in [0.15, 0.2) is 5.79 Å². The average molecular weight is 263 g/mol. The number of benzene rings is 1. The van der Waals surface area contributed by atoms with E-state index >= 15 is 0 Å². The van der Waals surface area contributed by atoms with Crippen molar-refractivity contribution in [2.75, 3.05) is 26.4 Å². The van der Waals surface area contributed by atoms with Gasteiger partial charge in [-0.05, 0) is 24.6 Å². The van der Waals surface area contributed by atoms with Crippen LogP contribution in [0.1, 0.15) is 31.4 Å². The standard InChI is InChI=1S/C15H21NO3/c1-2-17-13-5-3-12(4-6-13)14-11-15(7-8-16-14)18-9-10-19-15/h3-6,14,16H,2,7-11H2,1H3. The van der Waals surface area contributed by atoms with E-state index in [1.807, 2.05) is 19.1 Å². The second kappa shape index (κ2) is 5.49. The second-order valence-corrected chi connectivity index (χ2v) is 5.07. The molecule has 4 heteroatoms. The Labute approximate surface area is 114 Å². The summed E-state index contributed by atoms with van der Waals surface area (Å²) in [5, 5.41) is 3.54. The van der Waals surface area contributed by atoms with Crippen LogP contribution in [-0.2, 0) is 9.47 Å². The van der Waals surface area contributed by atoms with E-state index in [2.05, 4.69) is 17.4 Å². The van der Waals surface area contributed by atoms with Crippen molar-refractivity contribution in [2.24, 2.45) is 0 Å². The normalized spacial score (nSPS) is 25.6. The van der Waals surface area contributed by atoms with E-state index in [1.165, 1.54) is 5.56 Å². The molecule has 2 saturated heterocycles. The lowest BCUT2D eigenvalue weighted by molar-refractivity contribution is -0.180. The third kappa shape index (κ3) is 2.76. The van der Waals surface area contributed by atoms with Gasteiger partial charge in [-0.1, -0.05) is 12.1 Å². The Bertz CT molecular complexity index is 412. The van der Waals surface area contributed by atoms with E-state index < -0.39 is 0 Å². The van der Waals surface area contributed by atoms with Gasteiger partial charge in [0, 0.05) is 25.4 Å². The Hall–Kier alpha value is -1.10. The van der Waals surface area contributed by atoms with Gasteiger partial charge in [-0.2, -0.15) is 0 Å². The number of hydrogen-bond acceptors (Lipinski definition) is 4. The van der Waals surface area contributed by atoms with Gasteiger partial charge < -0.3 is 19.5 Å². The molecular formula is C15H21NO3. The lowest BCUT2D eigenvalue weighted by atomic mass is 9.93. The van der Waals surface area contributed by atoms with E-state index in [0.717, 1.165) is 38.3 Å². The van der Waals surface area contributed by atoms with Crippen LogP contribution in [0.3, 0.4) is 0 Å². The first-order valence-corrected chi connectivity index (χ1v) is 7.05. The summed E-state index contributed by atoms with van der Waals surface area (Å²) in [6, 6.07) is 8.59. The Kier molecular flexibility index (Phi) is 3.73. The minimum Gasteiger partial charge on any atom is -0.494 e. The smallest absolute Gasteiger partial charge is 0.171 e. The molecular weight excluding hydrogens is 242 g/mol. The molecule has 0 aromatic heterocycles. The van der Waals surface area contributed by atoms with Crippen molar-refractivity contribution < 1.29 is 14.2 Å².